The zero-order valence-electron chi connectivity index (χ0n) is 11.9. The maximum absolute atomic E-state index is 4.42. The Labute approximate surface area is 123 Å². The van der Waals surface area contributed by atoms with E-state index in [0.717, 1.165) is 18.0 Å². The Kier molecular flexibility index (Phi) is 5.11. The number of hydrogen-bond acceptors (Lipinski definition) is 7. The standard InChI is InChI=1S/C13H18N6S/c1-4-8-15-11-16-12(19(2)3)18-13(17-11)20-10-7-5-6-9-14-10/h5-7,9H,4,8H2,1-3H3,(H,15,16,17,18). The Morgan fingerprint density at radius 1 is 1.20 bits per heavy atom. The fraction of sp³-hybridized carbons (Fsp3) is 0.385. The van der Waals surface area contributed by atoms with Crippen molar-refractivity contribution in [2.24, 2.45) is 0 Å². The van der Waals surface area contributed by atoms with Crippen molar-refractivity contribution < 1.29 is 0 Å². The van der Waals surface area contributed by atoms with Gasteiger partial charge in [0.25, 0.3) is 0 Å². The molecule has 0 saturated carbocycles. The molecule has 0 aliphatic carbocycles. The highest BCUT2D eigenvalue weighted by Crippen LogP contribution is 2.24. The first kappa shape index (κ1) is 14.5. The molecule has 0 fully saturated rings. The normalized spacial score (nSPS) is 10.3. The van der Waals surface area contributed by atoms with Crippen LogP contribution in [0.5, 0.6) is 0 Å². The van der Waals surface area contributed by atoms with Gasteiger partial charge in [0, 0.05) is 26.8 Å². The summed E-state index contributed by atoms with van der Waals surface area (Å²) in [5, 5.41) is 4.70. The minimum Gasteiger partial charge on any atom is -0.354 e. The number of rotatable bonds is 6. The predicted octanol–water partition coefficient (Wildman–Crippen LogP) is 2.31. The quantitative estimate of drug-likeness (QED) is 0.875. The highest BCUT2D eigenvalue weighted by Gasteiger charge is 2.09. The van der Waals surface area contributed by atoms with Crippen LogP contribution in [0, 0.1) is 0 Å². The fourth-order valence-electron chi connectivity index (χ4n) is 1.41. The van der Waals surface area contributed by atoms with E-state index in [9.17, 15) is 0 Å². The van der Waals surface area contributed by atoms with Crippen LogP contribution in [0.3, 0.4) is 0 Å². The molecule has 20 heavy (non-hydrogen) atoms. The van der Waals surface area contributed by atoms with Crippen molar-refractivity contribution in [3.05, 3.63) is 24.4 Å². The van der Waals surface area contributed by atoms with Gasteiger partial charge in [0.05, 0.1) is 0 Å². The molecule has 0 radical (unpaired) electrons. The molecule has 0 spiro atoms. The van der Waals surface area contributed by atoms with Crippen LogP contribution < -0.4 is 10.2 Å². The smallest absolute Gasteiger partial charge is 0.230 e. The highest BCUT2D eigenvalue weighted by molar-refractivity contribution is 7.99. The summed E-state index contributed by atoms with van der Waals surface area (Å²) >= 11 is 1.43. The zero-order chi connectivity index (χ0) is 14.4. The van der Waals surface area contributed by atoms with E-state index in [4.69, 9.17) is 0 Å². The zero-order valence-corrected chi connectivity index (χ0v) is 12.7. The van der Waals surface area contributed by atoms with Crippen molar-refractivity contribution in [3.8, 4) is 0 Å². The second-order valence-corrected chi connectivity index (χ2v) is 5.32. The maximum atomic E-state index is 4.42. The summed E-state index contributed by atoms with van der Waals surface area (Å²) in [4.78, 5) is 19.3. The van der Waals surface area contributed by atoms with Crippen molar-refractivity contribution in [1.29, 1.82) is 0 Å². The fourth-order valence-corrected chi connectivity index (χ4v) is 2.11. The number of pyridine rings is 1. The molecule has 0 aliphatic rings. The Bertz CT molecular complexity index is 546. The third-order valence-corrected chi connectivity index (χ3v) is 3.19. The number of nitrogens with one attached hydrogen (secondary N) is 1. The molecule has 0 aromatic carbocycles. The van der Waals surface area contributed by atoms with E-state index in [1.54, 1.807) is 6.20 Å². The molecule has 0 unspecified atom stereocenters. The van der Waals surface area contributed by atoms with Crippen molar-refractivity contribution in [2.45, 2.75) is 23.5 Å². The van der Waals surface area contributed by atoms with E-state index >= 15 is 0 Å². The highest BCUT2D eigenvalue weighted by atomic mass is 32.2. The second-order valence-electron chi connectivity index (χ2n) is 4.33. The lowest BCUT2D eigenvalue weighted by atomic mass is 10.5. The monoisotopic (exact) mass is 290 g/mol. The molecule has 2 aromatic rings. The number of aromatic nitrogens is 4. The first-order chi connectivity index (χ1) is 9.69. The van der Waals surface area contributed by atoms with Crippen LogP contribution in [-0.2, 0) is 0 Å². The van der Waals surface area contributed by atoms with Crippen LogP contribution in [0.25, 0.3) is 0 Å². The van der Waals surface area contributed by atoms with E-state index < -0.39 is 0 Å². The molecule has 0 bridgehead atoms. The summed E-state index contributed by atoms with van der Waals surface area (Å²) in [6, 6.07) is 5.76. The van der Waals surface area contributed by atoms with E-state index in [1.165, 1.54) is 11.8 Å². The summed E-state index contributed by atoms with van der Waals surface area (Å²) in [7, 11) is 3.82. The summed E-state index contributed by atoms with van der Waals surface area (Å²) in [5.74, 6) is 1.24. The molecule has 6 nitrogen and oxygen atoms in total. The van der Waals surface area contributed by atoms with Gasteiger partial charge in [-0.2, -0.15) is 15.0 Å². The number of hydrogen-bond donors (Lipinski definition) is 1. The van der Waals surface area contributed by atoms with Gasteiger partial charge in [0.1, 0.15) is 5.03 Å². The van der Waals surface area contributed by atoms with Crippen molar-refractivity contribution in [2.75, 3.05) is 30.9 Å². The molecule has 106 valence electrons. The molecule has 7 heteroatoms. The van der Waals surface area contributed by atoms with Crippen LogP contribution in [0.2, 0.25) is 0 Å². The molecule has 0 saturated heterocycles. The van der Waals surface area contributed by atoms with Gasteiger partial charge in [-0.25, -0.2) is 4.98 Å². The van der Waals surface area contributed by atoms with Gasteiger partial charge in [0.2, 0.25) is 17.1 Å². The average Bonchev–Trinajstić information content (AvgIpc) is 2.46. The van der Waals surface area contributed by atoms with Crippen LogP contribution in [0.15, 0.2) is 34.6 Å². The van der Waals surface area contributed by atoms with Gasteiger partial charge in [-0.1, -0.05) is 13.0 Å². The number of anilines is 2. The summed E-state index contributed by atoms with van der Waals surface area (Å²) in [5.41, 5.74) is 0. The second kappa shape index (κ2) is 7.04. The van der Waals surface area contributed by atoms with E-state index in [0.29, 0.717) is 17.1 Å². The first-order valence-electron chi connectivity index (χ1n) is 6.45. The summed E-state index contributed by atoms with van der Waals surface area (Å²) < 4.78 is 0. The summed E-state index contributed by atoms with van der Waals surface area (Å²) in [6.07, 6.45) is 2.78. The molecule has 1 N–H and O–H groups in total. The predicted molar refractivity (Wildman–Crippen MR) is 81.3 cm³/mol. The Morgan fingerprint density at radius 3 is 2.70 bits per heavy atom. The molecule has 0 aliphatic heterocycles. The third kappa shape index (κ3) is 4.06. The Morgan fingerprint density at radius 2 is 2.05 bits per heavy atom. The van der Waals surface area contributed by atoms with Gasteiger partial charge < -0.3 is 10.2 Å². The van der Waals surface area contributed by atoms with E-state index in [1.807, 2.05) is 37.2 Å². The van der Waals surface area contributed by atoms with E-state index in [2.05, 4.69) is 32.2 Å². The van der Waals surface area contributed by atoms with Gasteiger partial charge in [-0.05, 0) is 30.3 Å². The lowest BCUT2D eigenvalue weighted by Crippen LogP contribution is -2.16. The van der Waals surface area contributed by atoms with Gasteiger partial charge >= 0.3 is 0 Å². The van der Waals surface area contributed by atoms with Crippen molar-refractivity contribution in [1.82, 2.24) is 19.9 Å². The minimum absolute atomic E-state index is 0.601. The largest absolute Gasteiger partial charge is 0.354 e. The van der Waals surface area contributed by atoms with Gasteiger partial charge in [-0.15, -0.1) is 0 Å². The maximum Gasteiger partial charge on any atom is 0.230 e. The van der Waals surface area contributed by atoms with Crippen molar-refractivity contribution in [3.63, 3.8) is 0 Å². The van der Waals surface area contributed by atoms with Gasteiger partial charge in [0.15, 0.2) is 0 Å². The average molecular weight is 290 g/mol. The minimum atomic E-state index is 0.601. The summed E-state index contributed by atoms with van der Waals surface area (Å²) in [6.45, 7) is 2.94. The molecular weight excluding hydrogens is 272 g/mol. The molecule has 0 amide bonds. The molecule has 0 atom stereocenters. The van der Waals surface area contributed by atoms with Crippen LogP contribution in [0.4, 0.5) is 11.9 Å². The Balaban J connectivity index is 2.24. The molecular formula is C13H18N6S. The lowest BCUT2D eigenvalue weighted by Gasteiger charge is -2.12. The van der Waals surface area contributed by atoms with Gasteiger partial charge in [-0.3, -0.25) is 0 Å². The lowest BCUT2D eigenvalue weighted by molar-refractivity contribution is 0.850. The first-order valence-corrected chi connectivity index (χ1v) is 7.27. The van der Waals surface area contributed by atoms with E-state index in [-0.39, 0.29) is 0 Å². The van der Waals surface area contributed by atoms with Crippen LogP contribution >= 0.6 is 11.8 Å². The molecule has 2 aromatic heterocycles. The van der Waals surface area contributed by atoms with Crippen LogP contribution in [-0.4, -0.2) is 40.6 Å². The molecule has 2 rings (SSSR count). The topological polar surface area (TPSA) is 66.8 Å². The Hall–Kier alpha value is -1.89. The number of nitrogens with zero attached hydrogens (tertiary/aromatic N) is 5. The third-order valence-electron chi connectivity index (χ3n) is 2.37. The SMILES string of the molecule is CCCNc1nc(Sc2ccccn2)nc(N(C)C)n1. The van der Waals surface area contributed by atoms with Crippen LogP contribution in [0.1, 0.15) is 13.3 Å². The molecule has 2 heterocycles. The van der Waals surface area contributed by atoms with Crippen molar-refractivity contribution >= 4 is 23.7 Å².